The number of nitrogens with one attached hydrogen (secondary N) is 1. The van der Waals surface area contributed by atoms with Crippen LogP contribution in [0.3, 0.4) is 0 Å². The molecule has 1 aromatic heterocycles. The van der Waals surface area contributed by atoms with Gasteiger partial charge in [0.05, 0.1) is 28.8 Å². The minimum Gasteiger partial charge on any atom is -0.378 e. The summed E-state index contributed by atoms with van der Waals surface area (Å²) in [5.74, 6) is -0.0972. The van der Waals surface area contributed by atoms with Gasteiger partial charge in [0, 0.05) is 13.1 Å². The standard InChI is InChI=1S/C32H35F3N4O3/c33-32(34,35)24-10-5-8-22(18-24)27(40)29(42)39-16-6-11-26-25(20-39)28(41)37-30(36-26)31(12-13-31)23-9-4-7-21(17-23)19-38-14-2-1-3-15-38/h4-5,7-10,17-18,27,40H,1-3,6,11-16,19-20H2,(H,36,37,41)/t27-/m1/s1. The second kappa shape index (κ2) is 11.3. The molecule has 1 saturated heterocycles. The highest BCUT2D eigenvalue weighted by atomic mass is 19.4. The number of aliphatic hydroxyl groups excluding tert-OH is 1. The molecule has 6 rings (SSSR count). The molecule has 1 amide bonds. The third kappa shape index (κ3) is 5.74. The first-order valence-corrected chi connectivity index (χ1v) is 14.7. The zero-order valence-corrected chi connectivity index (χ0v) is 23.4. The van der Waals surface area contributed by atoms with E-state index >= 15 is 0 Å². The van der Waals surface area contributed by atoms with Gasteiger partial charge in [-0.05, 0) is 80.4 Å². The number of alkyl halides is 3. The first-order valence-electron chi connectivity index (χ1n) is 14.7. The average Bonchev–Trinajstić information content (AvgIpc) is 3.82. The highest BCUT2D eigenvalue weighted by Crippen LogP contribution is 2.52. The van der Waals surface area contributed by atoms with Crippen molar-refractivity contribution in [1.29, 1.82) is 0 Å². The fraction of sp³-hybridized carbons (Fsp3) is 0.469. The van der Waals surface area contributed by atoms with E-state index in [0.29, 0.717) is 29.9 Å². The van der Waals surface area contributed by atoms with Gasteiger partial charge in [-0.1, -0.05) is 42.8 Å². The molecule has 0 radical (unpaired) electrons. The summed E-state index contributed by atoms with van der Waals surface area (Å²) in [7, 11) is 0. The fourth-order valence-electron chi connectivity index (χ4n) is 6.37. The predicted octanol–water partition coefficient (Wildman–Crippen LogP) is 4.86. The Morgan fingerprint density at radius 3 is 2.52 bits per heavy atom. The molecule has 3 aliphatic rings. The summed E-state index contributed by atoms with van der Waals surface area (Å²) in [5.41, 5.74) is 1.66. The average molecular weight is 581 g/mol. The number of aryl methyl sites for hydroxylation is 1. The van der Waals surface area contributed by atoms with Crippen LogP contribution in [-0.2, 0) is 35.9 Å². The first kappa shape index (κ1) is 28.6. The molecule has 10 heteroatoms. The minimum atomic E-state index is -4.59. The van der Waals surface area contributed by atoms with Crippen LogP contribution in [0.4, 0.5) is 13.2 Å². The number of carbonyl (C=O) groups is 1. The van der Waals surface area contributed by atoms with Crippen LogP contribution in [0.25, 0.3) is 0 Å². The summed E-state index contributed by atoms with van der Waals surface area (Å²) in [5, 5.41) is 10.7. The quantitative estimate of drug-likeness (QED) is 0.435. The van der Waals surface area contributed by atoms with Crippen LogP contribution in [0.1, 0.15) is 84.0 Å². The minimum absolute atomic E-state index is 0.0644. The van der Waals surface area contributed by atoms with Gasteiger partial charge in [0.15, 0.2) is 6.10 Å². The number of likely N-dealkylation sites (tertiary alicyclic amines) is 1. The van der Waals surface area contributed by atoms with Crippen molar-refractivity contribution < 1.29 is 23.1 Å². The summed E-state index contributed by atoms with van der Waals surface area (Å²) in [6.45, 7) is 3.33. The van der Waals surface area contributed by atoms with Gasteiger partial charge >= 0.3 is 6.18 Å². The molecule has 2 N–H and O–H groups in total. The van der Waals surface area contributed by atoms with Crippen LogP contribution in [0, 0.1) is 0 Å². The normalized spacial score (nSPS) is 19.6. The molecule has 3 aromatic rings. The number of aromatic nitrogens is 2. The van der Waals surface area contributed by atoms with Crippen molar-refractivity contribution in [2.45, 2.75) is 75.7 Å². The summed E-state index contributed by atoms with van der Waals surface area (Å²) in [4.78, 5) is 38.4. The molecule has 222 valence electrons. The van der Waals surface area contributed by atoms with Crippen molar-refractivity contribution in [1.82, 2.24) is 19.8 Å². The van der Waals surface area contributed by atoms with Gasteiger partial charge < -0.3 is 15.0 Å². The topological polar surface area (TPSA) is 89.5 Å². The lowest BCUT2D eigenvalue weighted by atomic mass is 9.92. The van der Waals surface area contributed by atoms with E-state index < -0.39 is 23.8 Å². The van der Waals surface area contributed by atoms with E-state index in [9.17, 15) is 27.9 Å². The number of halogens is 3. The van der Waals surface area contributed by atoms with Gasteiger partial charge in [-0.15, -0.1) is 0 Å². The van der Waals surface area contributed by atoms with E-state index in [1.807, 2.05) is 0 Å². The Morgan fingerprint density at radius 1 is 1.02 bits per heavy atom. The summed E-state index contributed by atoms with van der Waals surface area (Å²) in [6, 6.07) is 12.7. The number of rotatable bonds is 6. The van der Waals surface area contributed by atoms with Gasteiger partial charge in [0.2, 0.25) is 0 Å². The van der Waals surface area contributed by atoms with Gasteiger partial charge in [0.1, 0.15) is 5.82 Å². The number of H-pyrrole nitrogens is 1. The van der Waals surface area contributed by atoms with Crippen molar-refractivity contribution in [2.75, 3.05) is 19.6 Å². The van der Waals surface area contributed by atoms with E-state index in [0.717, 1.165) is 50.2 Å². The number of fused-ring (bicyclic) bond motifs is 1. The molecular formula is C32H35F3N4O3. The monoisotopic (exact) mass is 580 g/mol. The third-order valence-electron chi connectivity index (χ3n) is 8.90. The van der Waals surface area contributed by atoms with E-state index in [-0.39, 0.29) is 29.6 Å². The van der Waals surface area contributed by atoms with Crippen LogP contribution in [0.15, 0.2) is 53.3 Å². The number of benzene rings is 2. The second-order valence-electron chi connectivity index (χ2n) is 11.8. The van der Waals surface area contributed by atoms with E-state index in [1.165, 1.54) is 41.9 Å². The number of aliphatic hydroxyl groups is 1. The molecular weight excluding hydrogens is 545 g/mol. The lowest BCUT2D eigenvalue weighted by molar-refractivity contribution is -0.142. The Balaban J connectivity index is 1.22. The first-order chi connectivity index (χ1) is 20.1. The molecule has 2 aliphatic heterocycles. The number of piperidine rings is 1. The molecule has 2 fully saturated rings. The number of aromatic amines is 1. The maximum Gasteiger partial charge on any atom is 0.416 e. The predicted molar refractivity (Wildman–Crippen MR) is 151 cm³/mol. The highest BCUT2D eigenvalue weighted by molar-refractivity contribution is 5.82. The summed E-state index contributed by atoms with van der Waals surface area (Å²) < 4.78 is 39.5. The van der Waals surface area contributed by atoms with Crippen LogP contribution >= 0.6 is 0 Å². The SMILES string of the molecule is O=C([C@H](O)c1cccc(C(F)(F)F)c1)N1CCCc2nc(C3(c4cccc(CN5CCCCC5)c4)CC3)[nH]c(=O)c2C1. The third-order valence-corrected chi connectivity index (χ3v) is 8.90. The number of amides is 1. The van der Waals surface area contributed by atoms with Gasteiger partial charge in [0.25, 0.3) is 11.5 Å². The summed E-state index contributed by atoms with van der Waals surface area (Å²) in [6.07, 6.45) is 0.166. The lowest BCUT2D eigenvalue weighted by Gasteiger charge is -2.27. The van der Waals surface area contributed by atoms with Crippen molar-refractivity contribution in [2.24, 2.45) is 0 Å². The number of nitrogens with zero attached hydrogens (tertiary/aromatic N) is 3. The highest BCUT2D eigenvalue weighted by Gasteiger charge is 2.49. The molecule has 3 heterocycles. The Kier molecular flexibility index (Phi) is 7.70. The maximum absolute atomic E-state index is 13.4. The Morgan fingerprint density at radius 2 is 1.79 bits per heavy atom. The Bertz CT molecular complexity index is 1530. The number of hydrogen-bond acceptors (Lipinski definition) is 5. The van der Waals surface area contributed by atoms with E-state index in [1.54, 1.807) is 0 Å². The Hall–Kier alpha value is -3.50. The Labute approximate surface area is 242 Å². The van der Waals surface area contributed by atoms with Gasteiger partial charge in [-0.2, -0.15) is 13.2 Å². The van der Waals surface area contributed by atoms with Crippen molar-refractivity contribution in [3.8, 4) is 0 Å². The molecule has 2 aromatic carbocycles. The van der Waals surface area contributed by atoms with Crippen LogP contribution < -0.4 is 5.56 Å². The maximum atomic E-state index is 13.4. The van der Waals surface area contributed by atoms with Crippen LogP contribution in [0.5, 0.6) is 0 Å². The lowest BCUT2D eigenvalue weighted by Crippen LogP contribution is -2.36. The van der Waals surface area contributed by atoms with E-state index in [4.69, 9.17) is 4.98 Å². The smallest absolute Gasteiger partial charge is 0.378 e. The summed E-state index contributed by atoms with van der Waals surface area (Å²) >= 11 is 0. The largest absolute Gasteiger partial charge is 0.416 e. The fourth-order valence-corrected chi connectivity index (χ4v) is 6.37. The molecule has 0 spiro atoms. The van der Waals surface area contributed by atoms with Crippen molar-refractivity contribution in [3.05, 3.63) is 98.2 Å². The molecule has 42 heavy (non-hydrogen) atoms. The van der Waals surface area contributed by atoms with Crippen LogP contribution in [-0.4, -0.2) is 50.4 Å². The van der Waals surface area contributed by atoms with Gasteiger partial charge in [-0.3, -0.25) is 14.5 Å². The van der Waals surface area contributed by atoms with Crippen LogP contribution in [0.2, 0.25) is 0 Å². The molecule has 0 bridgehead atoms. The molecule has 7 nitrogen and oxygen atoms in total. The molecule has 1 atom stereocenters. The van der Waals surface area contributed by atoms with Gasteiger partial charge in [-0.25, -0.2) is 4.98 Å². The second-order valence-corrected chi connectivity index (χ2v) is 11.8. The molecule has 1 saturated carbocycles. The van der Waals surface area contributed by atoms with E-state index in [2.05, 4.69) is 34.1 Å². The zero-order valence-electron chi connectivity index (χ0n) is 23.4. The molecule has 1 aliphatic carbocycles. The zero-order chi connectivity index (χ0) is 29.5. The van der Waals surface area contributed by atoms with Crippen molar-refractivity contribution >= 4 is 5.91 Å². The molecule has 0 unspecified atom stereocenters. The van der Waals surface area contributed by atoms with Crippen molar-refractivity contribution in [3.63, 3.8) is 0 Å². The number of hydrogen-bond donors (Lipinski definition) is 2. The number of carbonyl (C=O) groups excluding carboxylic acids is 1.